The fraction of sp³-hybridized carbons (Fsp3) is 0.457. The molecule has 17 heteroatoms. The van der Waals surface area contributed by atoms with Gasteiger partial charge < -0.3 is 25.2 Å². The van der Waals surface area contributed by atoms with Crippen molar-refractivity contribution in [3.05, 3.63) is 81.9 Å². The van der Waals surface area contributed by atoms with Crippen LogP contribution in [0.25, 0.3) is 0 Å². The number of carboxylic acids is 1. The highest BCUT2D eigenvalue weighted by atomic mass is 19.4. The molecule has 0 aliphatic carbocycles. The smallest absolute Gasteiger partial charge is 0.433 e. The van der Waals surface area contributed by atoms with E-state index in [2.05, 4.69) is 4.98 Å². The van der Waals surface area contributed by atoms with Crippen LogP contribution in [0.1, 0.15) is 84.3 Å². The standard InChI is InChI=1S/C35H36F6N6O5/c1-2-33(43)18-26(31-27(6-7-28(45-31)35(39,40)41)47(33)32(50)52-10-4-3-5-29(48)49)30-23(17-25(20-44-30)46-8-11-51-12-9-46)14-21-13-22(19-42)16-24(15-21)34(36,37)38/h6-7,13,15-17,20,26H,2-5,8-12,14,18,43H2,1H3,(H,48,49)/t26-,33+/m0/s1. The second kappa shape index (κ2) is 15.3. The third-order valence-corrected chi connectivity index (χ3v) is 9.11. The number of amides is 1. The van der Waals surface area contributed by atoms with Gasteiger partial charge in [0.15, 0.2) is 0 Å². The van der Waals surface area contributed by atoms with Gasteiger partial charge in [-0.25, -0.2) is 9.78 Å². The third kappa shape index (κ3) is 8.56. The number of fused-ring (bicyclic) bond motifs is 1. The summed E-state index contributed by atoms with van der Waals surface area (Å²) in [5.41, 5.74) is 3.81. The molecule has 1 aromatic carbocycles. The van der Waals surface area contributed by atoms with E-state index in [-0.39, 0.29) is 73.3 Å². The Morgan fingerprint density at radius 2 is 1.81 bits per heavy atom. The fourth-order valence-corrected chi connectivity index (χ4v) is 6.46. The van der Waals surface area contributed by atoms with Crippen LogP contribution in [-0.2, 0) is 33.0 Å². The predicted molar refractivity (Wildman–Crippen MR) is 174 cm³/mol. The van der Waals surface area contributed by atoms with Crippen molar-refractivity contribution in [3.63, 3.8) is 0 Å². The van der Waals surface area contributed by atoms with E-state index in [9.17, 15) is 41.2 Å². The van der Waals surface area contributed by atoms with Crippen molar-refractivity contribution in [2.75, 3.05) is 42.7 Å². The molecule has 3 N–H and O–H groups in total. The molecule has 2 aromatic heterocycles. The van der Waals surface area contributed by atoms with Gasteiger partial charge in [-0.15, -0.1) is 0 Å². The van der Waals surface area contributed by atoms with E-state index < -0.39 is 47.3 Å². The summed E-state index contributed by atoms with van der Waals surface area (Å²) in [6.45, 7) is 3.29. The Kier molecular flexibility index (Phi) is 11.3. The molecule has 11 nitrogen and oxygen atoms in total. The molecule has 4 heterocycles. The summed E-state index contributed by atoms with van der Waals surface area (Å²) in [6.07, 6.45) is -9.08. The van der Waals surface area contributed by atoms with Crippen molar-refractivity contribution in [3.8, 4) is 6.07 Å². The molecule has 0 radical (unpaired) electrons. The van der Waals surface area contributed by atoms with Gasteiger partial charge >= 0.3 is 24.4 Å². The van der Waals surface area contributed by atoms with Gasteiger partial charge in [0.1, 0.15) is 11.4 Å². The number of aromatic nitrogens is 2. The summed E-state index contributed by atoms with van der Waals surface area (Å²) in [5.74, 6) is -2.10. The van der Waals surface area contributed by atoms with Gasteiger partial charge in [-0.05, 0) is 79.6 Å². The number of benzene rings is 1. The number of carbonyl (C=O) groups is 2. The number of nitrogens with zero attached hydrogens (tertiary/aromatic N) is 5. The Balaban J connectivity index is 1.64. The van der Waals surface area contributed by atoms with Crippen molar-refractivity contribution < 1.29 is 50.5 Å². The summed E-state index contributed by atoms with van der Waals surface area (Å²) >= 11 is 0. The first-order valence-corrected chi connectivity index (χ1v) is 16.5. The number of rotatable bonds is 10. The molecule has 278 valence electrons. The van der Waals surface area contributed by atoms with E-state index in [1.165, 1.54) is 12.3 Å². The lowest BCUT2D eigenvalue weighted by atomic mass is 9.79. The summed E-state index contributed by atoms with van der Waals surface area (Å²) in [4.78, 5) is 36.1. The molecule has 1 fully saturated rings. The molecular formula is C35H36F6N6O5. The summed E-state index contributed by atoms with van der Waals surface area (Å²) in [5, 5.41) is 18.4. The third-order valence-electron chi connectivity index (χ3n) is 9.11. The monoisotopic (exact) mass is 734 g/mol. The molecule has 2 aliphatic heterocycles. The molecule has 5 rings (SSSR count). The first-order chi connectivity index (χ1) is 24.5. The minimum atomic E-state index is -4.88. The maximum Gasteiger partial charge on any atom is 0.433 e. The van der Waals surface area contributed by atoms with Crippen LogP contribution in [0.4, 0.5) is 42.5 Å². The number of alkyl halides is 6. The number of halogens is 6. The molecule has 0 saturated carbocycles. The van der Waals surface area contributed by atoms with E-state index in [0.29, 0.717) is 43.6 Å². The lowest BCUT2D eigenvalue weighted by Crippen LogP contribution is -2.62. The van der Waals surface area contributed by atoms with Crippen molar-refractivity contribution in [1.29, 1.82) is 5.26 Å². The molecule has 0 unspecified atom stereocenters. The molecule has 2 aliphatic rings. The van der Waals surface area contributed by atoms with E-state index in [4.69, 9.17) is 25.3 Å². The van der Waals surface area contributed by atoms with Gasteiger partial charge in [0.2, 0.25) is 0 Å². The first-order valence-electron chi connectivity index (χ1n) is 16.5. The Bertz CT molecular complexity index is 1840. The second-order valence-corrected chi connectivity index (χ2v) is 12.7. The van der Waals surface area contributed by atoms with Gasteiger partial charge in [-0.2, -0.15) is 31.6 Å². The van der Waals surface area contributed by atoms with Gasteiger partial charge in [0.25, 0.3) is 0 Å². The number of pyridine rings is 2. The number of ether oxygens (including phenoxy) is 2. The number of carboxylic acid groups (broad SMARTS) is 1. The molecule has 1 saturated heterocycles. The van der Waals surface area contributed by atoms with E-state index in [1.54, 1.807) is 19.1 Å². The van der Waals surface area contributed by atoms with Crippen molar-refractivity contribution in [2.24, 2.45) is 5.73 Å². The number of carbonyl (C=O) groups excluding carboxylic acids is 1. The van der Waals surface area contributed by atoms with E-state index in [0.717, 1.165) is 23.1 Å². The molecule has 0 spiro atoms. The minimum Gasteiger partial charge on any atom is -0.481 e. The lowest BCUT2D eigenvalue weighted by molar-refractivity contribution is -0.141. The zero-order valence-corrected chi connectivity index (χ0v) is 28.1. The van der Waals surface area contributed by atoms with Crippen LogP contribution < -0.4 is 15.5 Å². The zero-order chi connectivity index (χ0) is 37.8. The normalized spacial score (nSPS) is 19.2. The van der Waals surface area contributed by atoms with Gasteiger partial charge in [-0.3, -0.25) is 14.7 Å². The Labute approximate surface area is 294 Å². The maximum absolute atomic E-state index is 14.1. The molecule has 1 amide bonds. The molecule has 52 heavy (non-hydrogen) atoms. The highest BCUT2D eigenvalue weighted by molar-refractivity contribution is 5.91. The zero-order valence-electron chi connectivity index (χ0n) is 28.1. The highest BCUT2D eigenvalue weighted by Crippen LogP contribution is 2.47. The number of morpholine rings is 1. The topological polar surface area (TPSA) is 155 Å². The fourth-order valence-electron chi connectivity index (χ4n) is 6.46. The number of hydrogen-bond donors (Lipinski definition) is 2. The van der Waals surface area contributed by atoms with Crippen LogP contribution >= 0.6 is 0 Å². The molecule has 2 atom stereocenters. The first kappa shape index (κ1) is 38.3. The van der Waals surface area contributed by atoms with Crippen molar-refractivity contribution in [2.45, 2.75) is 69.4 Å². The number of aliphatic carboxylic acids is 1. The van der Waals surface area contributed by atoms with E-state index >= 15 is 0 Å². The number of anilines is 2. The second-order valence-electron chi connectivity index (χ2n) is 12.7. The van der Waals surface area contributed by atoms with Gasteiger partial charge in [-0.1, -0.05) is 6.92 Å². The Hall–Kier alpha value is -4.95. The summed E-state index contributed by atoms with van der Waals surface area (Å²) < 4.78 is 94.7. The predicted octanol–water partition coefficient (Wildman–Crippen LogP) is 6.61. The van der Waals surface area contributed by atoms with Crippen LogP contribution in [0.5, 0.6) is 0 Å². The largest absolute Gasteiger partial charge is 0.481 e. The van der Waals surface area contributed by atoms with E-state index in [1.807, 2.05) is 4.90 Å². The van der Waals surface area contributed by atoms with Gasteiger partial charge in [0.05, 0.1) is 66.0 Å². The van der Waals surface area contributed by atoms with Crippen LogP contribution in [-0.4, -0.2) is 65.7 Å². The number of nitrogens with two attached hydrogens (primary N) is 1. The Morgan fingerprint density at radius 1 is 1.08 bits per heavy atom. The number of nitriles is 1. The number of unbranched alkanes of at least 4 members (excludes halogenated alkanes) is 1. The van der Waals surface area contributed by atoms with Gasteiger partial charge in [0, 0.05) is 25.4 Å². The van der Waals surface area contributed by atoms with Crippen LogP contribution in [0.15, 0.2) is 42.6 Å². The minimum absolute atomic E-state index is 0.0695. The quantitative estimate of drug-likeness (QED) is 0.172. The Morgan fingerprint density at radius 3 is 2.44 bits per heavy atom. The molecular weight excluding hydrogens is 698 g/mol. The molecule has 3 aromatic rings. The van der Waals surface area contributed by atoms with Crippen LogP contribution in [0.2, 0.25) is 0 Å². The molecule has 0 bridgehead atoms. The van der Waals surface area contributed by atoms with Crippen LogP contribution in [0.3, 0.4) is 0 Å². The SMILES string of the molecule is CC[C@]1(N)C[C@@H](c2ncc(N3CCOCC3)cc2Cc2cc(C#N)cc(C(F)(F)F)c2)c2nc(C(F)(F)F)ccc2N1C(=O)OCCCCC(=O)O. The average Bonchev–Trinajstić information content (AvgIpc) is 3.10. The number of hydrogen-bond acceptors (Lipinski definition) is 9. The highest BCUT2D eigenvalue weighted by Gasteiger charge is 2.48. The summed E-state index contributed by atoms with van der Waals surface area (Å²) in [7, 11) is 0. The summed E-state index contributed by atoms with van der Waals surface area (Å²) in [6, 6.07) is 8.20. The lowest BCUT2D eigenvalue weighted by Gasteiger charge is -2.46. The average molecular weight is 735 g/mol. The maximum atomic E-state index is 14.1. The van der Waals surface area contributed by atoms with Crippen molar-refractivity contribution >= 4 is 23.4 Å². The van der Waals surface area contributed by atoms with Crippen LogP contribution in [0, 0.1) is 11.3 Å². The van der Waals surface area contributed by atoms with Crippen molar-refractivity contribution in [1.82, 2.24) is 9.97 Å².